The number of pyridine rings is 1. The van der Waals surface area contributed by atoms with Crippen LogP contribution in [0.2, 0.25) is 0 Å². The van der Waals surface area contributed by atoms with Crippen LogP contribution in [0.15, 0.2) is 10.7 Å². The molecule has 1 aromatic rings. The summed E-state index contributed by atoms with van der Waals surface area (Å²) in [6.45, 7) is 4.92. The first kappa shape index (κ1) is 12.6. The summed E-state index contributed by atoms with van der Waals surface area (Å²) in [5, 5.41) is 0. The van der Waals surface area contributed by atoms with E-state index in [9.17, 15) is 0 Å². The van der Waals surface area contributed by atoms with E-state index in [2.05, 4.69) is 39.8 Å². The minimum absolute atomic E-state index is 0.242. The van der Waals surface area contributed by atoms with E-state index in [1.807, 2.05) is 6.92 Å². The van der Waals surface area contributed by atoms with Crippen molar-refractivity contribution in [2.45, 2.75) is 32.4 Å². The van der Waals surface area contributed by atoms with E-state index >= 15 is 0 Å². The number of aromatic nitrogens is 1. The average Bonchev–Trinajstić information content (AvgIpc) is 2.72. The quantitative estimate of drug-likeness (QED) is 0.911. The Kier molecular flexibility index (Phi) is 3.58. The van der Waals surface area contributed by atoms with Crippen molar-refractivity contribution in [1.82, 2.24) is 4.98 Å². The molecule has 1 saturated heterocycles. The van der Waals surface area contributed by atoms with Gasteiger partial charge in [0.1, 0.15) is 5.82 Å². The Morgan fingerprint density at radius 1 is 1.59 bits per heavy atom. The molecule has 0 bridgehead atoms. The summed E-state index contributed by atoms with van der Waals surface area (Å²) in [6.07, 6.45) is 2.99. The molecule has 1 fully saturated rings. The Bertz CT molecular complexity index is 424. The summed E-state index contributed by atoms with van der Waals surface area (Å²) in [7, 11) is 2.05. The van der Waals surface area contributed by atoms with Crippen molar-refractivity contribution in [1.29, 1.82) is 0 Å². The second kappa shape index (κ2) is 4.82. The van der Waals surface area contributed by atoms with Crippen LogP contribution in [-0.2, 0) is 4.74 Å². The van der Waals surface area contributed by atoms with Crippen LogP contribution in [0.25, 0.3) is 0 Å². The molecule has 0 amide bonds. The van der Waals surface area contributed by atoms with Gasteiger partial charge in [-0.05, 0) is 41.8 Å². The van der Waals surface area contributed by atoms with Crippen LogP contribution in [-0.4, -0.2) is 30.8 Å². The highest BCUT2D eigenvalue weighted by molar-refractivity contribution is 9.10. The molecule has 0 aliphatic carbocycles. The molecule has 0 spiro atoms. The Labute approximate surface area is 110 Å². The first-order chi connectivity index (χ1) is 8.02. The SMILES string of the molecule is Cc1c(N)cnc(N(C)C2CCOC2C)c1Br. The highest BCUT2D eigenvalue weighted by Crippen LogP contribution is 2.32. The molecule has 1 aliphatic rings. The predicted octanol–water partition coefficient (Wildman–Crippen LogP) is 2.35. The number of likely N-dealkylation sites (N-methyl/N-ethyl adjacent to an activating group) is 1. The number of anilines is 2. The number of nitrogens with zero attached hydrogens (tertiary/aromatic N) is 2. The fourth-order valence-electron chi connectivity index (χ4n) is 2.21. The van der Waals surface area contributed by atoms with Crippen molar-refractivity contribution in [2.75, 3.05) is 24.3 Å². The van der Waals surface area contributed by atoms with Gasteiger partial charge in [0.15, 0.2) is 0 Å². The number of nitrogen functional groups attached to an aromatic ring is 1. The fraction of sp³-hybridized carbons (Fsp3) is 0.583. The van der Waals surface area contributed by atoms with Gasteiger partial charge >= 0.3 is 0 Å². The maximum absolute atomic E-state index is 5.83. The number of hydrogen-bond donors (Lipinski definition) is 1. The van der Waals surface area contributed by atoms with E-state index in [4.69, 9.17) is 10.5 Å². The molecule has 1 aliphatic heterocycles. The van der Waals surface area contributed by atoms with Crippen LogP contribution < -0.4 is 10.6 Å². The largest absolute Gasteiger partial charge is 0.397 e. The van der Waals surface area contributed by atoms with E-state index in [1.165, 1.54) is 0 Å². The first-order valence-corrected chi connectivity index (χ1v) is 6.56. The minimum atomic E-state index is 0.242. The molecule has 2 rings (SSSR count). The highest BCUT2D eigenvalue weighted by atomic mass is 79.9. The lowest BCUT2D eigenvalue weighted by molar-refractivity contribution is 0.118. The van der Waals surface area contributed by atoms with Gasteiger partial charge in [-0.3, -0.25) is 0 Å². The minimum Gasteiger partial charge on any atom is -0.397 e. The van der Waals surface area contributed by atoms with Crippen LogP contribution >= 0.6 is 15.9 Å². The summed E-state index contributed by atoms with van der Waals surface area (Å²) in [5.74, 6) is 0.930. The Morgan fingerprint density at radius 2 is 2.29 bits per heavy atom. The van der Waals surface area contributed by atoms with Gasteiger partial charge in [0.25, 0.3) is 0 Å². The normalized spacial score (nSPS) is 24.0. The van der Waals surface area contributed by atoms with E-state index in [1.54, 1.807) is 6.20 Å². The maximum atomic E-state index is 5.83. The molecule has 0 aromatic carbocycles. The van der Waals surface area contributed by atoms with Crippen LogP contribution in [0.1, 0.15) is 18.9 Å². The summed E-state index contributed by atoms with van der Waals surface area (Å²) >= 11 is 3.57. The molecule has 2 unspecified atom stereocenters. The zero-order valence-electron chi connectivity index (χ0n) is 10.4. The molecule has 94 valence electrons. The predicted molar refractivity (Wildman–Crippen MR) is 73.3 cm³/mol. The lowest BCUT2D eigenvalue weighted by Gasteiger charge is -2.29. The first-order valence-electron chi connectivity index (χ1n) is 5.77. The van der Waals surface area contributed by atoms with Gasteiger partial charge in [0.05, 0.1) is 28.5 Å². The fourth-order valence-corrected chi connectivity index (χ4v) is 2.82. The van der Waals surface area contributed by atoms with Crippen molar-refractivity contribution in [3.63, 3.8) is 0 Å². The third-order valence-electron chi connectivity index (χ3n) is 3.45. The van der Waals surface area contributed by atoms with E-state index < -0.39 is 0 Å². The Hall–Kier alpha value is -0.810. The number of halogens is 1. The van der Waals surface area contributed by atoms with Crippen molar-refractivity contribution < 1.29 is 4.74 Å². The second-order valence-corrected chi connectivity index (χ2v) is 5.31. The Morgan fingerprint density at radius 3 is 2.88 bits per heavy atom. The van der Waals surface area contributed by atoms with Gasteiger partial charge in [-0.1, -0.05) is 0 Å². The van der Waals surface area contributed by atoms with E-state index in [0.717, 1.165) is 28.9 Å². The lowest BCUT2D eigenvalue weighted by Crippen LogP contribution is -2.37. The highest BCUT2D eigenvalue weighted by Gasteiger charge is 2.29. The number of hydrogen-bond acceptors (Lipinski definition) is 4. The van der Waals surface area contributed by atoms with Crippen molar-refractivity contribution in [3.05, 3.63) is 16.2 Å². The zero-order chi connectivity index (χ0) is 12.6. The Balaban J connectivity index is 2.31. The van der Waals surface area contributed by atoms with Gasteiger partial charge in [0, 0.05) is 13.7 Å². The monoisotopic (exact) mass is 299 g/mol. The van der Waals surface area contributed by atoms with Gasteiger partial charge in [-0.25, -0.2) is 4.98 Å². The lowest BCUT2D eigenvalue weighted by atomic mass is 10.1. The van der Waals surface area contributed by atoms with Crippen LogP contribution in [0.5, 0.6) is 0 Å². The molecule has 2 heterocycles. The molecule has 2 atom stereocenters. The molecule has 5 heteroatoms. The van der Waals surface area contributed by atoms with Crippen LogP contribution in [0.4, 0.5) is 11.5 Å². The molecule has 0 saturated carbocycles. The zero-order valence-corrected chi connectivity index (χ0v) is 12.0. The van der Waals surface area contributed by atoms with Crippen LogP contribution in [0.3, 0.4) is 0 Å². The smallest absolute Gasteiger partial charge is 0.143 e. The maximum Gasteiger partial charge on any atom is 0.143 e. The van der Waals surface area contributed by atoms with Crippen LogP contribution in [0, 0.1) is 6.92 Å². The molecule has 1 aromatic heterocycles. The summed E-state index contributed by atoms with van der Waals surface area (Å²) in [4.78, 5) is 6.59. The topological polar surface area (TPSA) is 51.4 Å². The molecule has 0 radical (unpaired) electrons. The summed E-state index contributed by atoms with van der Waals surface area (Å²) in [6, 6.07) is 0.377. The number of ether oxygens (including phenoxy) is 1. The van der Waals surface area contributed by atoms with Gasteiger partial charge in [-0.15, -0.1) is 0 Å². The molecule has 4 nitrogen and oxygen atoms in total. The third-order valence-corrected chi connectivity index (χ3v) is 4.40. The number of nitrogens with two attached hydrogens (primary N) is 1. The molecule has 17 heavy (non-hydrogen) atoms. The van der Waals surface area contributed by atoms with Crippen molar-refractivity contribution in [2.24, 2.45) is 0 Å². The van der Waals surface area contributed by atoms with E-state index in [-0.39, 0.29) is 6.10 Å². The van der Waals surface area contributed by atoms with Gasteiger partial charge < -0.3 is 15.4 Å². The molecule has 2 N–H and O–H groups in total. The van der Waals surface area contributed by atoms with E-state index in [0.29, 0.717) is 11.7 Å². The van der Waals surface area contributed by atoms with Crippen molar-refractivity contribution >= 4 is 27.4 Å². The second-order valence-electron chi connectivity index (χ2n) is 4.52. The standard InChI is InChI=1S/C12H18BrN3O/c1-7-9(14)6-15-12(11(7)13)16(3)10-4-5-17-8(10)2/h6,8,10H,4-5,14H2,1-3H3. The van der Waals surface area contributed by atoms with Gasteiger partial charge in [-0.2, -0.15) is 0 Å². The number of rotatable bonds is 2. The average molecular weight is 300 g/mol. The summed E-state index contributed by atoms with van der Waals surface area (Å²) < 4.78 is 6.56. The summed E-state index contributed by atoms with van der Waals surface area (Å²) in [5.41, 5.74) is 7.58. The molecular formula is C12H18BrN3O. The van der Waals surface area contributed by atoms with Gasteiger partial charge in [0.2, 0.25) is 0 Å². The third kappa shape index (κ3) is 2.26. The van der Waals surface area contributed by atoms with Crippen molar-refractivity contribution in [3.8, 4) is 0 Å². The molecular weight excluding hydrogens is 282 g/mol.